The van der Waals surface area contributed by atoms with Crippen LogP contribution in [0.1, 0.15) is 52.0 Å². The number of anilines is 1. The standard InChI is InChI=1S/C19H25F3N2O2/c1-4-15-7-5-6-12-24(15)17(26)18(2,3)16(25)23-14-10-8-13(9-11-14)19(20,21)22/h8-11,15H,4-7,12H2,1-3H3,(H,23,25). The van der Waals surface area contributed by atoms with Gasteiger partial charge in [-0.05, 0) is 63.8 Å². The first-order chi connectivity index (χ1) is 12.1. The first-order valence-electron chi connectivity index (χ1n) is 8.87. The summed E-state index contributed by atoms with van der Waals surface area (Å²) in [7, 11) is 0. The molecule has 2 rings (SSSR count). The smallest absolute Gasteiger partial charge is 0.339 e. The number of rotatable bonds is 4. The van der Waals surface area contributed by atoms with Crippen molar-refractivity contribution < 1.29 is 22.8 Å². The number of nitrogens with one attached hydrogen (secondary N) is 1. The Balaban J connectivity index is 2.10. The summed E-state index contributed by atoms with van der Waals surface area (Å²) in [6.07, 6.45) is -0.679. The van der Waals surface area contributed by atoms with Crippen LogP contribution in [0.15, 0.2) is 24.3 Å². The maximum Gasteiger partial charge on any atom is 0.416 e. The van der Waals surface area contributed by atoms with Crippen molar-refractivity contribution in [2.24, 2.45) is 5.41 Å². The van der Waals surface area contributed by atoms with Gasteiger partial charge in [-0.15, -0.1) is 0 Å². The summed E-state index contributed by atoms with van der Waals surface area (Å²) in [5.41, 5.74) is -1.85. The van der Waals surface area contributed by atoms with Crippen LogP contribution in [0.25, 0.3) is 0 Å². The third-order valence-corrected chi connectivity index (χ3v) is 4.93. The Morgan fingerprint density at radius 1 is 1.15 bits per heavy atom. The number of carbonyl (C=O) groups is 2. The lowest BCUT2D eigenvalue weighted by Gasteiger charge is -2.39. The summed E-state index contributed by atoms with van der Waals surface area (Å²) in [5, 5.41) is 2.56. The Morgan fingerprint density at radius 3 is 2.31 bits per heavy atom. The number of halogens is 3. The van der Waals surface area contributed by atoms with Crippen LogP contribution in [0.3, 0.4) is 0 Å². The summed E-state index contributed by atoms with van der Waals surface area (Å²) in [4.78, 5) is 27.3. The molecule has 0 saturated carbocycles. The molecule has 26 heavy (non-hydrogen) atoms. The van der Waals surface area contributed by atoms with Crippen LogP contribution in [0.4, 0.5) is 18.9 Å². The van der Waals surface area contributed by atoms with Crippen LogP contribution >= 0.6 is 0 Å². The fraction of sp³-hybridized carbons (Fsp3) is 0.579. The van der Waals surface area contributed by atoms with Gasteiger partial charge in [0.15, 0.2) is 0 Å². The van der Waals surface area contributed by atoms with Gasteiger partial charge >= 0.3 is 6.18 Å². The molecule has 0 spiro atoms. The van der Waals surface area contributed by atoms with Gasteiger partial charge in [0.1, 0.15) is 5.41 Å². The van der Waals surface area contributed by atoms with E-state index in [1.807, 2.05) is 6.92 Å². The third kappa shape index (κ3) is 4.37. The number of hydrogen-bond acceptors (Lipinski definition) is 2. The molecule has 7 heteroatoms. The van der Waals surface area contributed by atoms with E-state index in [0.717, 1.165) is 37.8 Å². The number of piperidine rings is 1. The zero-order chi connectivity index (χ0) is 19.5. The quantitative estimate of drug-likeness (QED) is 0.796. The van der Waals surface area contributed by atoms with Gasteiger partial charge in [-0.2, -0.15) is 13.2 Å². The van der Waals surface area contributed by atoms with Gasteiger partial charge in [0, 0.05) is 18.3 Å². The van der Waals surface area contributed by atoms with Gasteiger partial charge in [0.2, 0.25) is 11.8 Å². The molecule has 144 valence electrons. The Kier molecular flexibility index (Phi) is 5.98. The van der Waals surface area contributed by atoms with Crippen molar-refractivity contribution in [1.29, 1.82) is 0 Å². The zero-order valence-corrected chi connectivity index (χ0v) is 15.3. The second-order valence-corrected chi connectivity index (χ2v) is 7.21. The van der Waals surface area contributed by atoms with E-state index in [1.54, 1.807) is 18.7 Å². The van der Waals surface area contributed by atoms with Gasteiger partial charge in [0.25, 0.3) is 0 Å². The summed E-state index contributed by atoms with van der Waals surface area (Å²) in [6, 6.07) is 4.33. The first-order valence-corrected chi connectivity index (χ1v) is 8.87. The minimum Gasteiger partial charge on any atom is -0.339 e. The second kappa shape index (κ2) is 7.68. The highest BCUT2D eigenvalue weighted by Crippen LogP contribution is 2.31. The van der Waals surface area contributed by atoms with E-state index in [9.17, 15) is 22.8 Å². The molecular weight excluding hydrogens is 345 g/mol. The molecule has 1 aromatic carbocycles. The van der Waals surface area contributed by atoms with Crippen LogP contribution in [-0.2, 0) is 15.8 Å². The average molecular weight is 370 g/mol. The van der Waals surface area contributed by atoms with Crippen molar-refractivity contribution >= 4 is 17.5 Å². The number of carbonyl (C=O) groups excluding carboxylic acids is 2. The third-order valence-electron chi connectivity index (χ3n) is 4.93. The van der Waals surface area contributed by atoms with Gasteiger partial charge in [-0.3, -0.25) is 9.59 Å². The van der Waals surface area contributed by atoms with Crippen molar-refractivity contribution in [3.05, 3.63) is 29.8 Å². The fourth-order valence-electron chi connectivity index (χ4n) is 3.18. The maximum absolute atomic E-state index is 12.9. The number of amides is 2. The van der Waals surface area contributed by atoms with Crippen LogP contribution < -0.4 is 5.32 Å². The Hall–Kier alpha value is -2.05. The molecule has 1 unspecified atom stereocenters. The molecule has 4 nitrogen and oxygen atoms in total. The predicted molar refractivity (Wildman–Crippen MR) is 93.5 cm³/mol. The van der Waals surface area contributed by atoms with E-state index in [4.69, 9.17) is 0 Å². The average Bonchev–Trinajstić information content (AvgIpc) is 2.60. The van der Waals surface area contributed by atoms with Gasteiger partial charge < -0.3 is 10.2 Å². The molecule has 1 fully saturated rings. The first kappa shape index (κ1) is 20.3. The number of alkyl halides is 3. The molecule has 1 heterocycles. The second-order valence-electron chi connectivity index (χ2n) is 7.21. The van der Waals surface area contributed by atoms with Crippen molar-refractivity contribution in [3.63, 3.8) is 0 Å². The Labute approximate surface area is 151 Å². The Bertz CT molecular complexity index is 654. The monoisotopic (exact) mass is 370 g/mol. The molecule has 1 N–H and O–H groups in total. The van der Waals surface area contributed by atoms with E-state index in [2.05, 4.69) is 5.32 Å². The topological polar surface area (TPSA) is 49.4 Å². The van der Waals surface area contributed by atoms with Gasteiger partial charge in [0.05, 0.1) is 5.56 Å². The molecule has 2 amide bonds. The van der Waals surface area contributed by atoms with Crippen LogP contribution in [0, 0.1) is 5.41 Å². The number of likely N-dealkylation sites (tertiary alicyclic amines) is 1. The zero-order valence-electron chi connectivity index (χ0n) is 15.3. The van der Waals surface area contributed by atoms with Crippen LogP contribution in [0.2, 0.25) is 0 Å². The van der Waals surface area contributed by atoms with Crippen molar-refractivity contribution in [1.82, 2.24) is 4.90 Å². The fourth-order valence-corrected chi connectivity index (χ4v) is 3.18. The number of nitrogens with zero attached hydrogens (tertiary/aromatic N) is 1. The van der Waals surface area contributed by atoms with E-state index in [1.165, 1.54) is 12.1 Å². The molecule has 1 aliphatic heterocycles. The summed E-state index contributed by atoms with van der Waals surface area (Å²) < 4.78 is 37.8. The van der Waals surface area contributed by atoms with E-state index < -0.39 is 23.1 Å². The summed E-state index contributed by atoms with van der Waals surface area (Å²) in [5.74, 6) is -0.767. The van der Waals surface area contributed by atoms with Crippen molar-refractivity contribution in [2.45, 2.75) is 58.7 Å². The van der Waals surface area contributed by atoms with Crippen LogP contribution in [0.5, 0.6) is 0 Å². The lowest BCUT2D eigenvalue weighted by Crippen LogP contribution is -2.52. The summed E-state index contributed by atoms with van der Waals surface area (Å²) in [6.45, 7) is 5.76. The largest absolute Gasteiger partial charge is 0.416 e. The molecule has 1 saturated heterocycles. The predicted octanol–water partition coefficient (Wildman–Crippen LogP) is 4.46. The molecular formula is C19H25F3N2O2. The minimum atomic E-state index is -4.43. The van der Waals surface area contributed by atoms with E-state index >= 15 is 0 Å². The van der Waals surface area contributed by atoms with E-state index in [0.29, 0.717) is 6.54 Å². The van der Waals surface area contributed by atoms with Gasteiger partial charge in [-0.25, -0.2) is 0 Å². The molecule has 0 aliphatic carbocycles. The molecule has 1 aliphatic rings. The lowest BCUT2D eigenvalue weighted by molar-refractivity contribution is -0.149. The highest BCUT2D eigenvalue weighted by Gasteiger charge is 2.41. The number of hydrogen-bond donors (Lipinski definition) is 1. The highest BCUT2D eigenvalue weighted by atomic mass is 19.4. The molecule has 0 radical (unpaired) electrons. The normalized spacial score (nSPS) is 18.5. The molecule has 0 aromatic heterocycles. The highest BCUT2D eigenvalue weighted by molar-refractivity contribution is 6.09. The van der Waals surface area contributed by atoms with Crippen molar-refractivity contribution in [3.8, 4) is 0 Å². The van der Waals surface area contributed by atoms with Crippen LogP contribution in [-0.4, -0.2) is 29.3 Å². The SMILES string of the molecule is CCC1CCCCN1C(=O)C(C)(C)C(=O)Nc1ccc(C(F)(F)F)cc1. The minimum absolute atomic E-state index is 0.134. The number of benzene rings is 1. The molecule has 1 aromatic rings. The molecule has 0 bridgehead atoms. The van der Waals surface area contributed by atoms with Crippen molar-refractivity contribution in [2.75, 3.05) is 11.9 Å². The Morgan fingerprint density at radius 2 is 1.77 bits per heavy atom. The maximum atomic E-state index is 12.9. The van der Waals surface area contributed by atoms with E-state index in [-0.39, 0.29) is 17.6 Å². The van der Waals surface area contributed by atoms with Gasteiger partial charge in [-0.1, -0.05) is 6.92 Å². The summed E-state index contributed by atoms with van der Waals surface area (Å²) >= 11 is 0. The lowest BCUT2D eigenvalue weighted by atomic mass is 9.87. The molecule has 1 atom stereocenters.